The van der Waals surface area contributed by atoms with Crippen LogP contribution in [0.2, 0.25) is 5.02 Å². The van der Waals surface area contributed by atoms with Crippen LogP contribution in [0.4, 0.5) is 5.69 Å². The number of anilines is 1. The van der Waals surface area contributed by atoms with Gasteiger partial charge in [0, 0.05) is 16.4 Å². The van der Waals surface area contributed by atoms with Crippen LogP contribution in [0, 0.1) is 0 Å². The van der Waals surface area contributed by atoms with Crippen LogP contribution >= 0.6 is 27.5 Å². The number of carboxylic acids is 1. The summed E-state index contributed by atoms with van der Waals surface area (Å²) in [6.45, 7) is 0.330. The Morgan fingerprint density at radius 3 is 2.89 bits per heavy atom. The molecule has 0 amide bonds. The second-order valence-corrected chi connectivity index (χ2v) is 5.05. The largest absolute Gasteiger partial charge is 0.478 e. The van der Waals surface area contributed by atoms with Crippen molar-refractivity contribution in [3.63, 3.8) is 0 Å². The predicted molar refractivity (Wildman–Crippen MR) is 77.7 cm³/mol. The van der Waals surface area contributed by atoms with Gasteiger partial charge in [-0.05, 0) is 46.3 Å². The fraction of sp³-hybridized carbons (Fsp3) is 0.0769. The van der Waals surface area contributed by atoms with Crippen molar-refractivity contribution >= 4 is 39.2 Å². The molecule has 2 N–H and O–H groups in total. The van der Waals surface area contributed by atoms with Gasteiger partial charge in [0.2, 0.25) is 0 Å². The Bertz CT molecular complexity index is 619. The molecule has 4 nitrogen and oxygen atoms in total. The zero-order chi connectivity index (χ0) is 13.8. The van der Waals surface area contributed by atoms with Gasteiger partial charge in [0.05, 0.1) is 22.8 Å². The van der Waals surface area contributed by atoms with Gasteiger partial charge in [-0.15, -0.1) is 0 Å². The van der Waals surface area contributed by atoms with Crippen molar-refractivity contribution in [2.75, 3.05) is 5.32 Å². The molecule has 0 radical (unpaired) electrons. The molecule has 0 fully saturated rings. The summed E-state index contributed by atoms with van der Waals surface area (Å²) in [5.74, 6) is -0.984. The number of aromatic carboxylic acids is 1. The van der Waals surface area contributed by atoms with E-state index >= 15 is 0 Å². The van der Waals surface area contributed by atoms with Gasteiger partial charge >= 0.3 is 5.97 Å². The van der Waals surface area contributed by atoms with Gasteiger partial charge < -0.3 is 10.4 Å². The Balaban J connectivity index is 2.14. The highest BCUT2D eigenvalue weighted by atomic mass is 79.9. The van der Waals surface area contributed by atoms with Gasteiger partial charge in [-0.1, -0.05) is 11.6 Å². The second-order valence-electron chi connectivity index (χ2n) is 3.79. The molecule has 19 heavy (non-hydrogen) atoms. The first kappa shape index (κ1) is 13.8. The summed E-state index contributed by atoms with van der Waals surface area (Å²) in [6.07, 6.45) is 1.57. The Morgan fingerprint density at radius 1 is 1.42 bits per heavy atom. The van der Waals surface area contributed by atoms with Gasteiger partial charge in [-0.25, -0.2) is 4.79 Å². The van der Waals surface area contributed by atoms with E-state index in [0.29, 0.717) is 17.3 Å². The summed E-state index contributed by atoms with van der Waals surface area (Å²) in [6, 6.07) is 8.53. The van der Waals surface area contributed by atoms with Crippen molar-refractivity contribution in [3.05, 3.63) is 57.3 Å². The lowest BCUT2D eigenvalue weighted by molar-refractivity contribution is 0.0695. The van der Waals surface area contributed by atoms with Gasteiger partial charge in [0.15, 0.2) is 0 Å². The molecule has 6 heteroatoms. The Morgan fingerprint density at radius 2 is 2.21 bits per heavy atom. The minimum absolute atomic E-state index is 0.197. The smallest absolute Gasteiger partial charge is 0.337 e. The van der Waals surface area contributed by atoms with Crippen LogP contribution in [0.5, 0.6) is 0 Å². The minimum Gasteiger partial charge on any atom is -0.478 e. The zero-order valence-electron chi connectivity index (χ0n) is 9.73. The van der Waals surface area contributed by atoms with E-state index in [2.05, 4.69) is 26.2 Å². The first-order valence-electron chi connectivity index (χ1n) is 5.44. The molecule has 0 bridgehead atoms. The highest BCUT2D eigenvalue weighted by Gasteiger charge is 2.10. The SMILES string of the molecule is O=C(O)c1cccnc1CNc1ccc(Cl)c(Br)c1. The lowest BCUT2D eigenvalue weighted by Gasteiger charge is -2.09. The van der Waals surface area contributed by atoms with E-state index in [0.717, 1.165) is 10.2 Å². The monoisotopic (exact) mass is 340 g/mol. The van der Waals surface area contributed by atoms with E-state index in [9.17, 15) is 4.79 Å². The predicted octanol–water partition coefficient (Wildman–Crippen LogP) is 3.81. The molecular weight excluding hydrogens is 332 g/mol. The van der Waals surface area contributed by atoms with Crippen LogP contribution < -0.4 is 5.32 Å². The van der Waals surface area contributed by atoms with E-state index in [1.807, 2.05) is 12.1 Å². The first-order valence-corrected chi connectivity index (χ1v) is 6.61. The molecular formula is C13H10BrClN2O2. The maximum absolute atomic E-state index is 11.0. The number of hydrogen-bond donors (Lipinski definition) is 2. The van der Waals surface area contributed by atoms with Gasteiger partial charge in [0.25, 0.3) is 0 Å². The number of nitrogens with zero attached hydrogens (tertiary/aromatic N) is 1. The third-order valence-electron chi connectivity index (χ3n) is 2.50. The summed E-state index contributed by atoms with van der Waals surface area (Å²) in [4.78, 5) is 15.1. The van der Waals surface area contributed by atoms with Crippen molar-refractivity contribution < 1.29 is 9.90 Å². The van der Waals surface area contributed by atoms with Crippen LogP contribution in [0.1, 0.15) is 16.1 Å². The van der Waals surface area contributed by atoms with Crippen LogP contribution in [0.25, 0.3) is 0 Å². The third-order valence-corrected chi connectivity index (χ3v) is 3.71. The summed E-state index contributed by atoms with van der Waals surface area (Å²) in [7, 11) is 0. The Kier molecular flexibility index (Phi) is 4.39. The highest BCUT2D eigenvalue weighted by Crippen LogP contribution is 2.25. The average molecular weight is 342 g/mol. The van der Waals surface area contributed by atoms with Gasteiger partial charge in [-0.3, -0.25) is 4.98 Å². The lowest BCUT2D eigenvalue weighted by atomic mass is 10.2. The van der Waals surface area contributed by atoms with E-state index in [1.165, 1.54) is 6.07 Å². The molecule has 0 saturated carbocycles. The van der Waals surface area contributed by atoms with Crippen LogP contribution in [-0.4, -0.2) is 16.1 Å². The summed E-state index contributed by atoms with van der Waals surface area (Å²) < 4.78 is 0.777. The molecule has 98 valence electrons. The normalized spacial score (nSPS) is 10.2. The number of aromatic nitrogens is 1. The van der Waals surface area contributed by atoms with Crippen LogP contribution in [0.3, 0.4) is 0 Å². The van der Waals surface area contributed by atoms with Crippen LogP contribution in [-0.2, 0) is 6.54 Å². The highest BCUT2D eigenvalue weighted by molar-refractivity contribution is 9.10. The number of pyridine rings is 1. The molecule has 2 rings (SSSR count). The number of halogens is 2. The van der Waals surface area contributed by atoms with Crippen molar-refractivity contribution in [2.45, 2.75) is 6.54 Å². The molecule has 1 heterocycles. The molecule has 0 unspecified atom stereocenters. The van der Waals surface area contributed by atoms with Crippen molar-refractivity contribution in [1.29, 1.82) is 0 Å². The van der Waals surface area contributed by atoms with E-state index in [1.54, 1.807) is 18.3 Å². The zero-order valence-corrected chi connectivity index (χ0v) is 12.1. The van der Waals surface area contributed by atoms with E-state index < -0.39 is 5.97 Å². The lowest BCUT2D eigenvalue weighted by Crippen LogP contribution is -2.09. The molecule has 0 saturated heterocycles. The molecule has 0 atom stereocenters. The number of hydrogen-bond acceptors (Lipinski definition) is 3. The van der Waals surface area contributed by atoms with Crippen molar-refractivity contribution in [3.8, 4) is 0 Å². The number of carbonyl (C=O) groups is 1. The van der Waals surface area contributed by atoms with Crippen molar-refractivity contribution in [2.24, 2.45) is 0 Å². The molecule has 1 aromatic heterocycles. The number of nitrogens with one attached hydrogen (secondary N) is 1. The first-order chi connectivity index (χ1) is 9.08. The topological polar surface area (TPSA) is 62.2 Å². The van der Waals surface area contributed by atoms with Crippen molar-refractivity contribution in [1.82, 2.24) is 4.98 Å². The summed E-state index contributed by atoms with van der Waals surface area (Å²) in [5, 5.41) is 12.8. The maximum Gasteiger partial charge on any atom is 0.337 e. The quantitative estimate of drug-likeness (QED) is 0.888. The Hall–Kier alpha value is -1.59. The molecule has 0 aliphatic heterocycles. The fourth-order valence-electron chi connectivity index (χ4n) is 1.57. The van der Waals surface area contributed by atoms with Gasteiger partial charge in [0.1, 0.15) is 0 Å². The minimum atomic E-state index is -0.984. The third kappa shape index (κ3) is 3.45. The number of benzene rings is 1. The number of rotatable bonds is 4. The van der Waals surface area contributed by atoms with E-state index in [4.69, 9.17) is 16.7 Å². The molecule has 1 aromatic carbocycles. The molecule has 0 spiro atoms. The molecule has 0 aliphatic rings. The van der Waals surface area contributed by atoms with Crippen LogP contribution in [0.15, 0.2) is 41.0 Å². The second kappa shape index (κ2) is 6.04. The van der Waals surface area contributed by atoms with E-state index in [-0.39, 0.29) is 5.56 Å². The van der Waals surface area contributed by atoms with Gasteiger partial charge in [-0.2, -0.15) is 0 Å². The summed E-state index contributed by atoms with van der Waals surface area (Å²) >= 11 is 9.23. The number of carboxylic acid groups (broad SMARTS) is 1. The molecule has 0 aliphatic carbocycles. The summed E-state index contributed by atoms with van der Waals surface area (Å²) in [5.41, 5.74) is 1.52. The maximum atomic E-state index is 11.0. The standard InChI is InChI=1S/C13H10BrClN2O2/c14-10-6-8(3-4-11(10)15)17-7-12-9(13(18)19)2-1-5-16-12/h1-6,17H,7H2,(H,18,19). The Labute approximate surface area is 123 Å². The average Bonchev–Trinajstić information content (AvgIpc) is 2.40. The fourth-order valence-corrected chi connectivity index (χ4v) is 2.06. The molecule has 2 aromatic rings.